The lowest BCUT2D eigenvalue weighted by atomic mass is 9.86. The number of carbonyl (C=O) groups is 2. The molecule has 0 heterocycles. The van der Waals surface area contributed by atoms with Gasteiger partial charge in [-0.05, 0) is 12.8 Å². The maximum atomic E-state index is 10.5. The van der Waals surface area contributed by atoms with Crippen LogP contribution >= 0.6 is 0 Å². The van der Waals surface area contributed by atoms with E-state index in [1.165, 1.54) is 13.8 Å². The zero-order valence-electron chi connectivity index (χ0n) is 7.07. The highest BCUT2D eigenvalue weighted by atomic mass is 16.4. The Balaban J connectivity index is 4.35. The molecule has 5 nitrogen and oxygen atoms in total. The van der Waals surface area contributed by atoms with Crippen molar-refractivity contribution >= 4 is 11.9 Å². The van der Waals surface area contributed by atoms with E-state index in [2.05, 4.69) is 0 Å². The molecule has 0 saturated carbocycles. The third kappa shape index (κ3) is 2.50. The Morgan fingerprint density at radius 2 is 1.92 bits per heavy atom. The van der Waals surface area contributed by atoms with Gasteiger partial charge in [0.25, 0.3) is 0 Å². The number of hydrogen-bond acceptors (Lipinski definition) is 3. The van der Waals surface area contributed by atoms with Gasteiger partial charge in [0, 0.05) is 0 Å². The van der Waals surface area contributed by atoms with Gasteiger partial charge in [0.05, 0.1) is 6.42 Å². The fraction of sp³-hybridized carbons (Fsp3) is 0.714. The monoisotopic (exact) mass is 175 g/mol. The summed E-state index contributed by atoms with van der Waals surface area (Å²) in [5.41, 5.74) is 3.91. The van der Waals surface area contributed by atoms with Crippen molar-refractivity contribution in [3.8, 4) is 0 Å². The quantitative estimate of drug-likeness (QED) is 0.553. The van der Waals surface area contributed by atoms with Crippen molar-refractivity contribution in [2.45, 2.75) is 25.8 Å². The molecule has 0 fully saturated rings. The highest BCUT2D eigenvalue weighted by Crippen LogP contribution is 2.17. The van der Waals surface area contributed by atoms with Gasteiger partial charge in [0.15, 0.2) is 0 Å². The minimum Gasteiger partial charge on any atom is -0.481 e. The number of carboxylic acid groups (broad SMARTS) is 2. The van der Waals surface area contributed by atoms with Crippen LogP contribution in [0.4, 0.5) is 0 Å². The van der Waals surface area contributed by atoms with Crippen LogP contribution in [-0.2, 0) is 9.59 Å². The lowest BCUT2D eigenvalue weighted by Crippen LogP contribution is -2.51. The second-order valence-corrected chi connectivity index (χ2v) is 3.09. The largest absolute Gasteiger partial charge is 0.481 e. The first-order chi connectivity index (χ1) is 5.28. The summed E-state index contributed by atoms with van der Waals surface area (Å²) in [6.07, 6.45) is -0.237. The summed E-state index contributed by atoms with van der Waals surface area (Å²) >= 11 is 0. The molecule has 0 aliphatic carbocycles. The molecule has 0 aliphatic heterocycles. The van der Waals surface area contributed by atoms with E-state index in [1.54, 1.807) is 0 Å². The Kier molecular flexibility index (Phi) is 3.21. The van der Waals surface area contributed by atoms with Crippen LogP contribution in [0, 0.1) is 5.92 Å². The molecule has 0 rings (SSSR count). The molecule has 0 saturated heterocycles. The van der Waals surface area contributed by atoms with Crippen molar-refractivity contribution in [1.82, 2.24) is 0 Å². The second-order valence-electron chi connectivity index (χ2n) is 3.09. The highest BCUT2D eigenvalue weighted by Gasteiger charge is 2.35. The molecule has 0 amide bonds. The first kappa shape index (κ1) is 10.9. The molecule has 0 unspecified atom stereocenters. The predicted octanol–water partition coefficient (Wildman–Crippen LogP) is -0.101. The molecule has 0 aromatic carbocycles. The molecule has 0 aromatic heterocycles. The normalized spacial score (nSPS) is 17.9. The van der Waals surface area contributed by atoms with E-state index in [0.29, 0.717) is 0 Å². The van der Waals surface area contributed by atoms with Gasteiger partial charge >= 0.3 is 11.9 Å². The van der Waals surface area contributed by atoms with Gasteiger partial charge in [0.2, 0.25) is 0 Å². The Morgan fingerprint density at radius 3 is 2.17 bits per heavy atom. The molecule has 0 bridgehead atoms. The maximum absolute atomic E-state index is 10.5. The fourth-order valence-corrected chi connectivity index (χ4v) is 0.685. The third-order valence-corrected chi connectivity index (χ3v) is 1.97. The minimum absolute atomic E-state index is 0.237. The molecule has 0 aromatic rings. The van der Waals surface area contributed by atoms with Crippen molar-refractivity contribution < 1.29 is 19.8 Å². The van der Waals surface area contributed by atoms with E-state index in [-0.39, 0.29) is 6.42 Å². The minimum atomic E-state index is -1.47. The van der Waals surface area contributed by atoms with Crippen LogP contribution in [0.25, 0.3) is 0 Å². The van der Waals surface area contributed by atoms with E-state index in [9.17, 15) is 9.59 Å². The lowest BCUT2D eigenvalue weighted by molar-refractivity contribution is -0.146. The number of rotatable bonds is 4. The van der Waals surface area contributed by atoms with Gasteiger partial charge in [-0.25, -0.2) is 0 Å². The van der Waals surface area contributed by atoms with Gasteiger partial charge in [-0.1, -0.05) is 6.92 Å². The van der Waals surface area contributed by atoms with Crippen LogP contribution in [0.3, 0.4) is 0 Å². The summed E-state index contributed by atoms with van der Waals surface area (Å²) in [7, 11) is 0. The van der Waals surface area contributed by atoms with Crippen molar-refractivity contribution in [2.24, 2.45) is 11.7 Å². The van der Waals surface area contributed by atoms with E-state index in [0.717, 1.165) is 0 Å². The third-order valence-electron chi connectivity index (χ3n) is 1.97. The van der Waals surface area contributed by atoms with Crippen LogP contribution in [0.2, 0.25) is 0 Å². The van der Waals surface area contributed by atoms with Gasteiger partial charge in [-0.2, -0.15) is 0 Å². The van der Waals surface area contributed by atoms with E-state index >= 15 is 0 Å². The summed E-state index contributed by atoms with van der Waals surface area (Å²) in [5.74, 6) is -2.82. The standard InChI is InChI=1S/C7H13NO4/c1-4(3-5(9)10)7(2,8)6(11)12/h4H,3,8H2,1-2H3,(H,9,10)(H,11,12)/t4-,7+/m1/s1. The Bertz CT molecular complexity index is 200. The van der Waals surface area contributed by atoms with Gasteiger partial charge < -0.3 is 15.9 Å². The average Bonchev–Trinajstić information content (AvgIpc) is 1.85. The molecule has 5 heteroatoms. The summed E-state index contributed by atoms with van der Waals surface area (Å²) in [4.78, 5) is 20.8. The maximum Gasteiger partial charge on any atom is 0.323 e. The van der Waals surface area contributed by atoms with Gasteiger partial charge in [0.1, 0.15) is 5.54 Å². The summed E-state index contributed by atoms with van der Waals surface area (Å²) in [6.45, 7) is 2.81. The fourth-order valence-electron chi connectivity index (χ4n) is 0.685. The first-order valence-corrected chi connectivity index (χ1v) is 3.52. The lowest BCUT2D eigenvalue weighted by Gasteiger charge is -2.25. The second kappa shape index (κ2) is 3.53. The molecular formula is C7H13NO4. The summed E-state index contributed by atoms with van der Waals surface area (Å²) < 4.78 is 0. The predicted molar refractivity (Wildman–Crippen MR) is 41.6 cm³/mol. The van der Waals surface area contributed by atoms with Crippen molar-refractivity contribution in [3.63, 3.8) is 0 Å². The van der Waals surface area contributed by atoms with Crippen molar-refractivity contribution in [1.29, 1.82) is 0 Å². The zero-order valence-corrected chi connectivity index (χ0v) is 7.07. The SMILES string of the molecule is C[C@H](CC(=O)O)[C@](C)(N)C(=O)O. The van der Waals surface area contributed by atoms with Crippen LogP contribution < -0.4 is 5.73 Å². The van der Waals surface area contributed by atoms with E-state index < -0.39 is 23.4 Å². The number of aliphatic carboxylic acids is 2. The molecule has 0 aliphatic rings. The highest BCUT2D eigenvalue weighted by molar-refractivity contribution is 5.79. The van der Waals surface area contributed by atoms with E-state index in [1.807, 2.05) is 0 Å². The molecular weight excluding hydrogens is 162 g/mol. The smallest absolute Gasteiger partial charge is 0.323 e. The van der Waals surface area contributed by atoms with Gasteiger partial charge in [-0.3, -0.25) is 9.59 Å². The van der Waals surface area contributed by atoms with Crippen LogP contribution in [-0.4, -0.2) is 27.7 Å². The first-order valence-electron chi connectivity index (χ1n) is 3.52. The average molecular weight is 175 g/mol. The van der Waals surface area contributed by atoms with E-state index in [4.69, 9.17) is 15.9 Å². The Morgan fingerprint density at radius 1 is 1.50 bits per heavy atom. The van der Waals surface area contributed by atoms with Crippen molar-refractivity contribution in [3.05, 3.63) is 0 Å². The molecule has 70 valence electrons. The molecule has 12 heavy (non-hydrogen) atoms. The number of carboxylic acids is 2. The number of nitrogens with two attached hydrogens (primary N) is 1. The Hall–Kier alpha value is -1.10. The summed E-state index contributed by atoms with van der Waals surface area (Å²) in [6, 6.07) is 0. The summed E-state index contributed by atoms with van der Waals surface area (Å²) in [5, 5.41) is 17.0. The molecule has 4 N–H and O–H groups in total. The van der Waals surface area contributed by atoms with Crippen LogP contribution in [0.5, 0.6) is 0 Å². The zero-order chi connectivity index (χ0) is 9.94. The number of hydrogen-bond donors (Lipinski definition) is 3. The molecule has 0 radical (unpaired) electrons. The van der Waals surface area contributed by atoms with Gasteiger partial charge in [-0.15, -0.1) is 0 Å². The van der Waals surface area contributed by atoms with Crippen LogP contribution in [0.15, 0.2) is 0 Å². The Labute approximate surface area is 70.2 Å². The molecule has 2 atom stereocenters. The molecule has 0 spiro atoms. The van der Waals surface area contributed by atoms with Crippen LogP contribution in [0.1, 0.15) is 20.3 Å². The van der Waals surface area contributed by atoms with Crippen molar-refractivity contribution in [2.75, 3.05) is 0 Å². The topological polar surface area (TPSA) is 101 Å².